The molecule has 0 spiro atoms. The van der Waals surface area contributed by atoms with Crippen LogP contribution in [0.3, 0.4) is 0 Å². The van der Waals surface area contributed by atoms with Crippen molar-refractivity contribution in [3.8, 4) is 5.69 Å². The first kappa shape index (κ1) is 21.7. The third-order valence-corrected chi connectivity index (χ3v) is 5.41. The minimum Gasteiger partial charge on any atom is -0.353 e. The van der Waals surface area contributed by atoms with Crippen molar-refractivity contribution in [2.45, 2.75) is 19.0 Å². The predicted octanol–water partition coefficient (Wildman–Crippen LogP) is 2.68. The van der Waals surface area contributed by atoms with Crippen LogP contribution in [0.2, 0.25) is 0 Å². The Hall–Kier alpha value is -3.03. The number of aromatic nitrogens is 3. The third-order valence-electron chi connectivity index (χ3n) is 5.41. The highest BCUT2D eigenvalue weighted by atomic mass is 16.2. The van der Waals surface area contributed by atoms with E-state index in [1.54, 1.807) is 11.0 Å². The second kappa shape index (κ2) is 10.1. The van der Waals surface area contributed by atoms with E-state index in [1.807, 2.05) is 56.4 Å². The number of likely N-dealkylation sites (N-methyl/N-ethyl adjacent to an activating group) is 2. The highest BCUT2D eigenvalue weighted by Crippen LogP contribution is 2.20. The first-order valence-corrected chi connectivity index (χ1v) is 10.1. The van der Waals surface area contributed by atoms with E-state index in [0.29, 0.717) is 13.1 Å². The van der Waals surface area contributed by atoms with E-state index >= 15 is 0 Å². The van der Waals surface area contributed by atoms with Gasteiger partial charge in [-0.2, -0.15) is 5.10 Å². The molecule has 0 radical (unpaired) electrons. The molecule has 3 aromatic rings. The molecule has 1 aromatic heterocycles. The van der Waals surface area contributed by atoms with Gasteiger partial charge in [-0.05, 0) is 51.3 Å². The fraction of sp³-hybridized carbons (Fsp3) is 0.348. The molecule has 0 aliphatic carbocycles. The summed E-state index contributed by atoms with van der Waals surface area (Å²) >= 11 is 0. The summed E-state index contributed by atoms with van der Waals surface area (Å²) in [6.07, 6.45) is 3.19. The summed E-state index contributed by atoms with van der Waals surface area (Å²) in [6.45, 7) is 3.01. The highest BCUT2D eigenvalue weighted by Gasteiger charge is 2.18. The minimum absolute atomic E-state index is 0.0198. The lowest BCUT2D eigenvalue weighted by Gasteiger charge is -2.27. The van der Waals surface area contributed by atoms with Gasteiger partial charge in [-0.3, -0.25) is 9.69 Å². The van der Waals surface area contributed by atoms with Crippen LogP contribution in [0.4, 0.5) is 0 Å². The molecule has 0 saturated heterocycles. The van der Waals surface area contributed by atoms with Crippen LogP contribution in [0.5, 0.6) is 0 Å². The van der Waals surface area contributed by atoms with Gasteiger partial charge >= 0.3 is 0 Å². The van der Waals surface area contributed by atoms with Gasteiger partial charge in [0.1, 0.15) is 12.7 Å². The van der Waals surface area contributed by atoms with Crippen LogP contribution in [0.1, 0.15) is 30.1 Å². The number of nitrogens with one attached hydrogen (secondary N) is 1. The molecule has 2 unspecified atom stereocenters. The fourth-order valence-electron chi connectivity index (χ4n) is 3.41. The van der Waals surface area contributed by atoms with Crippen LogP contribution in [0, 0.1) is 0 Å². The topological polar surface area (TPSA) is 66.3 Å². The van der Waals surface area contributed by atoms with E-state index in [-0.39, 0.29) is 18.0 Å². The first-order chi connectivity index (χ1) is 14.5. The summed E-state index contributed by atoms with van der Waals surface area (Å²) in [7, 11) is 6.03. The molecule has 1 heterocycles. The maximum Gasteiger partial charge on any atom is 0.234 e. The number of hydrogen-bond acceptors (Lipinski definition) is 5. The molecule has 1 amide bonds. The van der Waals surface area contributed by atoms with Crippen LogP contribution in [0.25, 0.3) is 5.69 Å². The SMILES string of the molecule is CC(c1ccc(-n2cncn2)cc1)N(C)CC(=O)NCC(c1ccccc1)N(C)C. The van der Waals surface area contributed by atoms with E-state index in [2.05, 4.69) is 51.5 Å². The van der Waals surface area contributed by atoms with Crippen LogP contribution in [-0.4, -0.2) is 64.7 Å². The zero-order valence-electron chi connectivity index (χ0n) is 18.1. The number of benzene rings is 2. The van der Waals surface area contributed by atoms with Gasteiger partial charge < -0.3 is 10.2 Å². The zero-order chi connectivity index (χ0) is 21.5. The van der Waals surface area contributed by atoms with Gasteiger partial charge in [0, 0.05) is 12.6 Å². The molecule has 2 aromatic carbocycles. The Kier molecular flexibility index (Phi) is 7.32. The maximum absolute atomic E-state index is 12.6. The van der Waals surface area contributed by atoms with Gasteiger partial charge in [0.15, 0.2) is 0 Å². The lowest BCUT2D eigenvalue weighted by Crippen LogP contribution is -2.40. The minimum atomic E-state index is 0.0198. The molecule has 1 N–H and O–H groups in total. The van der Waals surface area contributed by atoms with Crippen molar-refractivity contribution in [3.63, 3.8) is 0 Å². The molecule has 158 valence electrons. The second-order valence-electron chi connectivity index (χ2n) is 7.72. The molecule has 0 aliphatic heterocycles. The number of carbonyl (C=O) groups is 1. The van der Waals surface area contributed by atoms with Crippen molar-refractivity contribution < 1.29 is 4.79 Å². The van der Waals surface area contributed by atoms with E-state index < -0.39 is 0 Å². The van der Waals surface area contributed by atoms with Crippen molar-refractivity contribution in [2.75, 3.05) is 34.2 Å². The van der Waals surface area contributed by atoms with Gasteiger partial charge in [0.05, 0.1) is 18.3 Å². The quantitative estimate of drug-likeness (QED) is 0.592. The van der Waals surface area contributed by atoms with Crippen LogP contribution < -0.4 is 5.32 Å². The summed E-state index contributed by atoms with van der Waals surface area (Å²) in [5.74, 6) is 0.0198. The Morgan fingerprint density at radius 1 is 1.03 bits per heavy atom. The summed E-state index contributed by atoms with van der Waals surface area (Å²) in [5, 5.41) is 7.23. The number of nitrogens with zero attached hydrogens (tertiary/aromatic N) is 5. The number of carbonyl (C=O) groups excluding carboxylic acids is 1. The predicted molar refractivity (Wildman–Crippen MR) is 118 cm³/mol. The molecular formula is C23H30N6O. The van der Waals surface area contributed by atoms with Gasteiger partial charge in [-0.15, -0.1) is 0 Å². The first-order valence-electron chi connectivity index (χ1n) is 10.1. The summed E-state index contributed by atoms with van der Waals surface area (Å²) in [5.41, 5.74) is 3.29. The summed E-state index contributed by atoms with van der Waals surface area (Å²) in [4.78, 5) is 20.7. The number of hydrogen-bond donors (Lipinski definition) is 1. The van der Waals surface area contributed by atoms with E-state index in [1.165, 1.54) is 11.9 Å². The molecule has 0 aliphatic rings. The Balaban J connectivity index is 1.54. The third kappa shape index (κ3) is 5.52. The Morgan fingerprint density at radius 2 is 1.73 bits per heavy atom. The average Bonchev–Trinajstić information content (AvgIpc) is 3.29. The molecule has 30 heavy (non-hydrogen) atoms. The molecule has 2 atom stereocenters. The average molecular weight is 407 g/mol. The van der Waals surface area contributed by atoms with Crippen molar-refractivity contribution in [2.24, 2.45) is 0 Å². The monoisotopic (exact) mass is 406 g/mol. The van der Waals surface area contributed by atoms with Crippen LogP contribution >= 0.6 is 0 Å². The van der Waals surface area contributed by atoms with Crippen molar-refractivity contribution in [1.82, 2.24) is 29.9 Å². The normalized spacial score (nSPS) is 13.4. The number of amides is 1. The Bertz CT molecular complexity index is 909. The van der Waals surface area contributed by atoms with Gasteiger partial charge in [0.25, 0.3) is 0 Å². The fourth-order valence-corrected chi connectivity index (χ4v) is 3.41. The summed E-state index contributed by atoms with van der Waals surface area (Å²) in [6, 6.07) is 18.6. The Morgan fingerprint density at radius 3 is 2.33 bits per heavy atom. The largest absolute Gasteiger partial charge is 0.353 e. The maximum atomic E-state index is 12.6. The van der Waals surface area contributed by atoms with E-state index in [9.17, 15) is 4.79 Å². The van der Waals surface area contributed by atoms with Crippen LogP contribution in [-0.2, 0) is 4.79 Å². The lowest BCUT2D eigenvalue weighted by atomic mass is 10.1. The molecule has 0 saturated carbocycles. The molecule has 7 nitrogen and oxygen atoms in total. The summed E-state index contributed by atoms with van der Waals surface area (Å²) < 4.78 is 1.72. The molecule has 3 rings (SSSR count). The van der Waals surface area contributed by atoms with E-state index in [4.69, 9.17) is 0 Å². The lowest BCUT2D eigenvalue weighted by molar-refractivity contribution is -0.122. The molecule has 0 bridgehead atoms. The van der Waals surface area contributed by atoms with Crippen molar-refractivity contribution >= 4 is 5.91 Å². The van der Waals surface area contributed by atoms with Gasteiger partial charge in [0.2, 0.25) is 5.91 Å². The molecule has 7 heteroatoms. The smallest absolute Gasteiger partial charge is 0.234 e. The van der Waals surface area contributed by atoms with E-state index in [0.717, 1.165) is 11.3 Å². The molecular weight excluding hydrogens is 376 g/mol. The highest BCUT2D eigenvalue weighted by molar-refractivity contribution is 5.78. The second-order valence-corrected chi connectivity index (χ2v) is 7.72. The number of rotatable bonds is 9. The van der Waals surface area contributed by atoms with Gasteiger partial charge in [-0.25, -0.2) is 9.67 Å². The van der Waals surface area contributed by atoms with Crippen molar-refractivity contribution in [3.05, 3.63) is 78.4 Å². The standard InChI is InChI=1S/C23H30N6O/c1-18(19-10-12-21(13-11-19)29-17-24-16-26-29)28(4)15-23(30)25-14-22(27(2)3)20-8-6-5-7-9-20/h5-13,16-18,22H,14-15H2,1-4H3,(H,25,30). The van der Waals surface area contributed by atoms with Crippen molar-refractivity contribution in [1.29, 1.82) is 0 Å². The molecule has 0 fully saturated rings. The Labute approximate surface area is 178 Å². The van der Waals surface area contributed by atoms with Crippen LogP contribution in [0.15, 0.2) is 67.3 Å². The zero-order valence-corrected chi connectivity index (χ0v) is 18.1. The van der Waals surface area contributed by atoms with Gasteiger partial charge in [-0.1, -0.05) is 42.5 Å².